The molecule has 1 aromatic heterocycles. The van der Waals surface area contributed by atoms with Gasteiger partial charge in [0.1, 0.15) is 5.01 Å². The quantitative estimate of drug-likeness (QED) is 0.887. The number of nitrogens with zero attached hydrogens (tertiary/aromatic N) is 1. The first-order valence-corrected chi connectivity index (χ1v) is 7.95. The van der Waals surface area contributed by atoms with Gasteiger partial charge >= 0.3 is 0 Å². The number of nitrogens with one attached hydrogen (secondary N) is 1. The van der Waals surface area contributed by atoms with Gasteiger partial charge in [0.2, 0.25) is 0 Å². The summed E-state index contributed by atoms with van der Waals surface area (Å²) < 4.78 is 1.11. The smallest absolute Gasteiger partial charge is 0.123 e. The summed E-state index contributed by atoms with van der Waals surface area (Å²) in [5.74, 6) is 0. The maximum Gasteiger partial charge on any atom is 0.123 e. The normalized spacial score (nSPS) is 19.9. The Morgan fingerprint density at radius 2 is 2.06 bits per heavy atom. The van der Waals surface area contributed by atoms with Crippen LogP contribution in [0, 0.1) is 0 Å². The van der Waals surface area contributed by atoms with Crippen molar-refractivity contribution in [2.45, 2.75) is 25.3 Å². The molecule has 2 heterocycles. The Balaban J connectivity index is 1.82. The van der Waals surface area contributed by atoms with Crippen molar-refractivity contribution in [3.63, 3.8) is 0 Å². The molecule has 4 heteroatoms. The van der Waals surface area contributed by atoms with Crippen LogP contribution in [-0.4, -0.2) is 11.5 Å². The van der Waals surface area contributed by atoms with E-state index in [2.05, 4.69) is 50.9 Å². The first-order valence-electron chi connectivity index (χ1n) is 6.28. The molecule has 1 aromatic carbocycles. The fourth-order valence-electron chi connectivity index (χ4n) is 2.28. The van der Waals surface area contributed by atoms with Gasteiger partial charge in [0.05, 0.1) is 11.7 Å². The molecule has 1 aliphatic heterocycles. The van der Waals surface area contributed by atoms with Crippen molar-refractivity contribution in [2.75, 3.05) is 6.54 Å². The molecule has 1 aliphatic rings. The molecule has 1 fully saturated rings. The van der Waals surface area contributed by atoms with Crippen LogP contribution >= 0.6 is 27.3 Å². The maximum absolute atomic E-state index is 4.77. The summed E-state index contributed by atoms with van der Waals surface area (Å²) in [6.45, 7) is 1.12. The van der Waals surface area contributed by atoms with E-state index in [1.54, 1.807) is 11.3 Å². The van der Waals surface area contributed by atoms with Gasteiger partial charge in [-0.2, -0.15) is 0 Å². The first-order chi connectivity index (χ1) is 8.83. The van der Waals surface area contributed by atoms with Gasteiger partial charge in [0.25, 0.3) is 0 Å². The lowest BCUT2D eigenvalue weighted by Gasteiger charge is -2.21. The SMILES string of the molecule is Brc1ccc(-c2nc(C3CCCCN3)cs2)cc1. The van der Waals surface area contributed by atoms with Gasteiger partial charge < -0.3 is 5.32 Å². The number of thiazole rings is 1. The van der Waals surface area contributed by atoms with Crippen molar-refractivity contribution < 1.29 is 0 Å². The molecule has 1 unspecified atom stereocenters. The Morgan fingerprint density at radius 3 is 2.78 bits per heavy atom. The van der Waals surface area contributed by atoms with E-state index in [4.69, 9.17) is 4.98 Å². The average molecular weight is 323 g/mol. The third-order valence-electron chi connectivity index (χ3n) is 3.28. The molecule has 0 radical (unpaired) electrons. The Hall–Kier alpha value is -0.710. The number of hydrogen-bond donors (Lipinski definition) is 1. The van der Waals surface area contributed by atoms with E-state index in [0.717, 1.165) is 16.0 Å². The summed E-state index contributed by atoms with van der Waals surface area (Å²) in [6, 6.07) is 8.81. The van der Waals surface area contributed by atoms with Crippen molar-refractivity contribution >= 4 is 27.3 Å². The monoisotopic (exact) mass is 322 g/mol. The number of aromatic nitrogens is 1. The van der Waals surface area contributed by atoms with Crippen LogP contribution in [0.15, 0.2) is 34.1 Å². The first kappa shape index (κ1) is 12.3. The molecule has 3 rings (SSSR count). The minimum atomic E-state index is 0.458. The van der Waals surface area contributed by atoms with Crippen molar-refractivity contribution in [3.8, 4) is 10.6 Å². The van der Waals surface area contributed by atoms with Crippen LogP contribution in [0.4, 0.5) is 0 Å². The maximum atomic E-state index is 4.77. The second kappa shape index (κ2) is 5.51. The predicted octanol–water partition coefficient (Wildman–Crippen LogP) is 4.39. The van der Waals surface area contributed by atoms with Crippen LogP contribution in [0.25, 0.3) is 10.6 Å². The number of halogens is 1. The average Bonchev–Trinajstić information content (AvgIpc) is 2.90. The van der Waals surface area contributed by atoms with Gasteiger partial charge in [-0.3, -0.25) is 0 Å². The topological polar surface area (TPSA) is 24.9 Å². The zero-order valence-electron chi connectivity index (χ0n) is 10.0. The van der Waals surface area contributed by atoms with E-state index < -0.39 is 0 Å². The lowest BCUT2D eigenvalue weighted by Crippen LogP contribution is -2.26. The minimum Gasteiger partial charge on any atom is -0.309 e. The Morgan fingerprint density at radius 1 is 1.22 bits per heavy atom. The molecule has 2 aromatic rings. The zero-order chi connectivity index (χ0) is 12.4. The Labute approximate surface area is 120 Å². The summed E-state index contributed by atoms with van der Waals surface area (Å²) >= 11 is 5.19. The van der Waals surface area contributed by atoms with Gasteiger partial charge in [-0.05, 0) is 31.5 Å². The fraction of sp³-hybridized carbons (Fsp3) is 0.357. The van der Waals surface area contributed by atoms with Crippen LogP contribution in [-0.2, 0) is 0 Å². The van der Waals surface area contributed by atoms with Crippen LogP contribution in [0.3, 0.4) is 0 Å². The molecule has 0 saturated carbocycles. The number of rotatable bonds is 2. The molecule has 94 valence electrons. The summed E-state index contributed by atoms with van der Waals surface area (Å²) in [5, 5.41) is 6.86. The molecule has 0 bridgehead atoms. The molecule has 1 atom stereocenters. The number of piperidine rings is 1. The molecule has 2 nitrogen and oxygen atoms in total. The summed E-state index contributed by atoms with van der Waals surface area (Å²) in [5.41, 5.74) is 2.41. The van der Waals surface area contributed by atoms with E-state index in [9.17, 15) is 0 Å². The molecule has 1 N–H and O–H groups in total. The van der Waals surface area contributed by atoms with E-state index in [1.165, 1.54) is 30.5 Å². The highest BCUT2D eigenvalue weighted by atomic mass is 79.9. The summed E-state index contributed by atoms with van der Waals surface area (Å²) in [4.78, 5) is 4.77. The summed E-state index contributed by atoms with van der Waals surface area (Å²) in [7, 11) is 0. The highest BCUT2D eigenvalue weighted by Gasteiger charge is 2.17. The van der Waals surface area contributed by atoms with Gasteiger partial charge in [-0.25, -0.2) is 4.98 Å². The van der Waals surface area contributed by atoms with E-state index in [0.29, 0.717) is 6.04 Å². The second-order valence-electron chi connectivity index (χ2n) is 4.59. The van der Waals surface area contributed by atoms with Crippen LogP contribution in [0.2, 0.25) is 0 Å². The standard InChI is InChI=1S/C14H15BrN2S/c15-11-6-4-10(5-7-11)14-17-13(9-18-14)12-3-1-2-8-16-12/h4-7,9,12,16H,1-3,8H2. The van der Waals surface area contributed by atoms with Crippen LogP contribution < -0.4 is 5.32 Å². The van der Waals surface area contributed by atoms with Crippen LogP contribution in [0.5, 0.6) is 0 Å². The van der Waals surface area contributed by atoms with Crippen molar-refractivity contribution in [1.29, 1.82) is 0 Å². The number of hydrogen-bond acceptors (Lipinski definition) is 3. The fourth-order valence-corrected chi connectivity index (χ4v) is 3.42. The minimum absolute atomic E-state index is 0.458. The third kappa shape index (κ3) is 2.66. The summed E-state index contributed by atoms with van der Waals surface area (Å²) in [6.07, 6.45) is 3.81. The molecule has 1 saturated heterocycles. The largest absolute Gasteiger partial charge is 0.309 e. The lowest BCUT2D eigenvalue weighted by molar-refractivity contribution is 0.407. The van der Waals surface area contributed by atoms with Crippen molar-refractivity contribution in [3.05, 3.63) is 39.8 Å². The number of benzene rings is 1. The van der Waals surface area contributed by atoms with E-state index in [-0.39, 0.29) is 0 Å². The zero-order valence-corrected chi connectivity index (χ0v) is 12.4. The Kier molecular flexibility index (Phi) is 3.77. The van der Waals surface area contributed by atoms with Crippen molar-refractivity contribution in [2.24, 2.45) is 0 Å². The van der Waals surface area contributed by atoms with E-state index >= 15 is 0 Å². The second-order valence-corrected chi connectivity index (χ2v) is 6.36. The molecular formula is C14H15BrN2S. The molecule has 18 heavy (non-hydrogen) atoms. The molecule has 0 spiro atoms. The molecular weight excluding hydrogens is 308 g/mol. The van der Waals surface area contributed by atoms with Gasteiger partial charge in [-0.1, -0.05) is 34.5 Å². The van der Waals surface area contributed by atoms with E-state index in [1.807, 2.05) is 0 Å². The van der Waals surface area contributed by atoms with Crippen molar-refractivity contribution in [1.82, 2.24) is 10.3 Å². The lowest BCUT2D eigenvalue weighted by atomic mass is 10.0. The third-order valence-corrected chi connectivity index (χ3v) is 4.72. The van der Waals surface area contributed by atoms with Gasteiger partial charge in [-0.15, -0.1) is 11.3 Å². The van der Waals surface area contributed by atoms with Crippen LogP contribution in [0.1, 0.15) is 31.0 Å². The Bertz CT molecular complexity index is 515. The molecule has 0 aliphatic carbocycles. The predicted molar refractivity (Wildman–Crippen MR) is 79.8 cm³/mol. The molecule has 0 amide bonds. The highest BCUT2D eigenvalue weighted by molar-refractivity contribution is 9.10. The highest BCUT2D eigenvalue weighted by Crippen LogP contribution is 2.29. The van der Waals surface area contributed by atoms with Gasteiger partial charge in [0, 0.05) is 15.4 Å². The van der Waals surface area contributed by atoms with Gasteiger partial charge in [0.15, 0.2) is 0 Å².